The van der Waals surface area contributed by atoms with E-state index in [9.17, 15) is 32.1 Å². The molecule has 0 radical (unpaired) electrons. The van der Waals surface area contributed by atoms with Crippen LogP contribution in [0.3, 0.4) is 0 Å². The van der Waals surface area contributed by atoms with E-state index < -0.39 is 47.2 Å². The Labute approximate surface area is 97.1 Å². The van der Waals surface area contributed by atoms with Crippen molar-refractivity contribution in [2.75, 3.05) is 6.61 Å². The van der Waals surface area contributed by atoms with Crippen LogP contribution in [0.15, 0.2) is 12.1 Å². The first kappa shape index (κ1) is 14.1. The first-order valence-corrected chi connectivity index (χ1v) is 4.54. The molecule has 0 aliphatic carbocycles. The Morgan fingerprint density at radius 2 is 1.89 bits per heavy atom. The van der Waals surface area contributed by atoms with Crippen molar-refractivity contribution >= 4 is 5.69 Å². The van der Waals surface area contributed by atoms with Crippen molar-refractivity contribution in [1.82, 2.24) is 0 Å². The van der Waals surface area contributed by atoms with Crippen LogP contribution in [0.2, 0.25) is 0 Å². The number of rotatable bonds is 4. The van der Waals surface area contributed by atoms with E-state index >= 15 is 0 Å². The zero-order valence-corrected chi connectivity index (χ0v) is 8.63. The van der Waals surface area contributed by atoms with Gasteiger partial charge in [-0.1, -0.05) is 0 Å². The molecule has 1 aromatic rings. The molecule has 0 fully saturated rings. The van der Waals surface area contributed by atoms with Crippen molar-refractivity contribution in [3.63, 3.8) is 0 Å². The Bertz CT molecular complexity index is 460. The molecule has 1 aromatic carbocycles. The van der Waals surface area contributed by atoms with E-state index in [2.05, 4.69) is 4.74 Å². The zero-order valence-electron chi connectivity index (χ0n) is 8.63. The molecule has 0 heterocycles. The van der Waals surface area contributed by atoms with Crippen LogP contribution in [-0.2, 0) is 0 Å². The van der Waals surface area contributed by atoms with Crippen molar-refractivity contribution < 1.29 is 31.6 Å². The van der Waals surface area contributed by atoms with Gasteiger partial charge in [0.25, 0.3) is 0 Å². The molecule has 0 aromatic heterocycles. The van der Waals surface area contributed by atoms with Gasteiger partial charge in [0.2, 0.25) is 11.6 Å². The molecular formula is C9H6F5NO3. The quantitative estimate of drug-likeness (QED) is 0.480. The fraction of sp³-hybridized carbons (Fsp3) is 0.333. The number of hydrogen-bond donors (Lipinski definition) is 0. The van der Waals surface area contributed by atoms with Crippen LogP contribution >= 0.6 is 0 Å². The van der Waals surface area contributed by atoms with Crippen molar-refractivity contribution in [2.45, 2.75) is 12.6 Å². The molecule has 0 spiro atoms. The lowest BCUT2D eigenvalue weighted by molar-refractivity contribution is -0.386. The standard InChI is InChI=1S/C9H6F5NO3/c10-5-1-2-6(15(16)17)8(7(5)11)18-4-3-9(12,13)14/h1-2H,3-4H2. The average Bonchev–Trinajstić information content (AvgIpc) is 2.22. The minimum atomic E-state index is -4.56. The normalized spacial score (nSPS) is 11.4. The molecule has 0 aliphatic rings. The third kappa shape index (κ3) is 3.54. The Kier molecular flexibility index (Phi) is 4.04. The van der Waals surface area contributed by atoms with Crippen molar-refractivity contribution in [2.24, 2.45) is 0 Å². The maximum atomic E-state index is 13.2. The van der Waals surface area contributed by atoms with Gasteiger partial charge < -0.3 is 4.74 Å². The second-order valence-corrected chi connectivity index (χ2v) is 3.18. The van der Waals surface area contributed by atoms with E-state index in [1.165, 1.54) is 0 Å². The summed E-state index contributed by atoms with van der Waals surface area (Å²) in [6.45, 7) is -1.04. The molecule has 0 aliphatic heterocycles. The summed E-state index contributed by atoms with van der Waals surface area (Å²) in [5.74, 6) is -4.27. The van der Waals surface area contributed by atoms with Crippen LogP contribution in [0.25, 0.3) is 0 Å². The van der Waals surface area contributed by atoms with Crippen LogP contribution in [0.4, 0.5) is 27.6 Å². The number of nitro benzene ring substituents is 1. The molecule has 4 nitrogen and oxygen atoms in total. The zero-order chi connectivity index (χ0) is 13.9. The highest BCUT2D eigenvalue weighted by molar-refractivity contribution is 5.47. The number of nitrogens with zero attached hydrogens (tertiary/aromatic N) is 1. The molecule has 0 amide bonds. The summed E-state index contributed by atoms with van der Waals surface area (Å²) >= 11 is 0. The minimum Gasteiger partial charge on any atom is -0.484 e. The summed E-state index contributed by atoms with van der Waals surface area (Å²) in [5.41, 5.74) is -0.934. The summed E-state index contributed by atoms with van der Waals surface area (Å²) in [4.78, 5) is 9.38. The number of alkyl halides is 3. The van der Waals surface area contributed by atoms with Crippen molar-refractivity contribution in [3.05, 3.63) is 33.9 Å². The Hall–Kier alpha value is -1.93. The van der Waals surface area contributed by atoms with Crippen LogP contribution < -0.4 is 4.74 Å². The van der Waals surface area contributed by atoms with Crippen LogP contribution in [-0.4, -0.2) is 17.7 Å². The number of ether oxygens (including phenoxy) is 1. The van der Waals surface area contributed by atoms with Gasteiger partial charge in [0, 0.05) is 6.07 Å². The molecule has 0 N–H and O–H groups in total. The summed E-state index contributed by atoms with van der Waals surface area (Å²) in [6, 6.07) is 1.10. The van der Waals surface area contributed by atoms with E-state index in [0.717, 1.165) is 0 Å². The van der Waals surface area contributed by atoms with E-state index in [1.807, 2.05) is 0 Å². The van der Waals surface area contributed by atoms with Gasteiger partial charge in [-0.3, -0.25) is 10.1 Å². The van der Waals surface area contributed by atoms with Gasteiger partial charge in [0.05, 0.1) is 18.0 Å². The second-order valence-electron chi connectivity index (χ2n) is 3.18. The molecule has 0 saturated heterocycles. The molecule has 100 valence electrons. The Balaban J connectivity index is 2.92. The lowest BCUT2D eigenvalue weighted by atomic mass is 10.2. The molecule has 1 rings (SSSR count). The molecule has 0 atom stereocenters. The largest absolute Gasteiger partial charge is 0.484 e. The monoisotopic (exact) mass is 271 g/mol. The average molecular weight is 271 g/mol. The van der Waals surface area contributed by atoms with Crippen molar-refractivity contribution in [3.8, 4) is 5.75 Å². The van der Waals surface area contributed by atoms with Crippen LogP contribution in [0.5, 0.6) is 5.75 Å². The number of hydrogen-bond acceptors (Lipinski definition) is 3. The highest BCUT2D eigenvalue weighted by Crippen LogP contribution is 2.32. The third-order valence-corrected chi connectivity index (χ3v) is 1.86. The predicted octanol–water partition coefficient (Wildman–Crippen LogP) is 3.20. The topological polar surface area (TPSA) is 52.4 Å². The molecule has 18 heavy (non-hydrogen) atoms. The number of benzene rings is 1. The fourth-order valence-electron chi connectivity index (χ4n) is 1.07. The SMILES string of the molecule is O=[N+]([O-])c1ccc(F)c(F)c1OCCC(F)(F)F. The highest BCUT2D eigenvalue weighted by Gasteiger charge is 2.29. The first-order valence-electron chi connectivity index (χ1n) is 4.54. The molecule has 0 bridgehead atoms. The Morgan fingerprint density at radius 3 is 2.39 bits per heavy atom. The van der Waals surface area contributed by atoms with Crippen LogP contribution in [0.1, 0.15) is 6.42 Å². The fourth-order valence-corrected chi connectivity index (χ4v) is 1.07. The smallest absolute Gasteiger partial charge is 0.392 e. The van der Waals surface area contributed by atoms with Gasteiger partial charge in [-0.05, 0) is 6.07 Å². The van der Waals surface area contributed by atoms with E-state index in [1.54, 1.807) is 0 Å². The van der Waals surface area contributed by atoms with Crippen LogP contribution in [0, 0.1) is 21.7 Å². The molecule has 0 unspecified atom stereocenters. The van der Waals surface area contributed by atoms with Gasteiger partial charge in [-0.25, -0.2) is 4.39 Å². The lowest BCUT2D eigenvalue weighted by Crippen LogP contribution is -2.14. The van der Waals surface area contributed by atoms with Gasteiger partial charge in [-0.15, -0.1) is 0 Å². The predicted molar refractivity (Wildman–Crippen MR) is 49.2 cm³/mol. The summed E-state index contributed by atoms with van der Waals surface area (Å²) < 4.78 is 65.7. The lowest BCUT2D eigenvalue weighted by Gasteiger charge is -2.09. The maximum absolute atomic E-state index is 13.2. The van der Waals surface area contributed by atoms with E-state index in [4.69, 9.17) is 0 Å². The third-order valence-electron chi connectivity index (χ3n) is 1.86. The van der Waals surface area contributed by atoms with E-state index in [-0.39, 0.29) is 0 Å². The summed E-state index contributed by atoms with van der Waals surface area (Å²) in [7, 11) is 0. The number of nitro groups is 1. The van der Waals surface area contributed by atoms with Gasteiger partial charge >= 0.3 is 11.9 Å². The second kappa shape index (κ2) is 5.15. The highest BCUT2D eigenvalue weighted by atomic mass is 19.4. The first-order chi connectivity index (χ1) is 8.22. The van der Waals surface area contributed by atoms with E-state index in [0.29, 0.717) is 12.1 Å². The molecule has 9 heteroatoms. The summed E-state index contributed by atoms with van der Waals surface area (Å²) in [5, 5.41) is 10.5. The molecule has 0 saturated carbocycles. The minimum absolute atomic E-state index is 0.490. The van der Waals surface area contributed by atoms with Gasteiger partial charge in [0.1, 0.15) is 0 Å². The number of halogens is 5. The van der Waals surface area contributed by atoms with Crippen molar-refractivity contribution in [1.29, 1.82) is 0 Å². The van der Waals surface area contributed by atoms with Gasteiger partial charge in [0.15, 0.2) is 5.82 Å². The van der Waals surface area contributed by atoms with Gasteiger partial charge in [-0.2, -0.15) is 17.6 Å². The Morgan fingerprint density at radius 1 is 1.28 bits per heavy atom. The maximum Gasteiger partial charge on any atom is 0.392 e. The summed E-state index contributed by atoms with van der Waals surface area (Å²) in [6.07, 6.45) is -5.99. The molecular weight excluding hydrogens is 265 g/mol.